The first kappa shape index (κ1) is 19.0. The highest BCUT2D eigenvalue weighted by Gasteiger charge is 2.29. The summed E-state index contributed by atoms with van der Waals surface area (Å²) in [7, 11) is 1.55. The standard InChI is InChI=1S/C16H22N2O6S/c1-22-13-6-12(7-14(23-2)16(13)24-3)9-17-18-15(19)8-11-4-5-25(20,21)10-11/h6-7,9,11H,4-5,8,10H2,1-3H3,(H,18,19)/b17-9-/t11-/m1/s1. The van der Waals surface area contributed by atoms with Crippen molar-refractivity contribution in [1.82, 2.24) is 5.43 Å². The van der Waals surface area contributed by atoms with E-state index in [9.17, 15) is 13.2 Å². The van der Waals surface area contributed by atoms with Crippen molar-refractivity contribution in [3.63, 3.8) is 0 Å². The highest BCUT2D eigenvalue weighted by atomic mass is 32.2. The van der Waals surface area contributed by atoms with Crippen molar-refractivity contribution < 1.29 is 27.4 Å². The van der Waals surface area contributed by atoms with Crippen LogP contribution in [0, 0.1) is 5.92 Å². The normalized spacial score (nSPS) is 18.9. The van der Waals surface area contributed by atoms with E-state index in [2.05, 4.69) is 10.5 Å². The molecule has 1 fully saturated rings. The zero-order valence-electron chi connectivity index (χ0n) is 14.4. The summed E-state index contributed by atoms with van der Waals surface area (Å²) < 4.78 is 38.5. The fraction of sp³-hybridized carbons (Fsp3) is 0.500. The molecule has 1 heterocycles. The van der Waals surface area contributed by atoms with Gasteiger partial charge >= 0.3 is 0 Å². The molecule has 2 rings (SSSR count). The number of hydrogen-bond donors (Lipinski definition) is 1. The van der Waals surface area contributed by atoms with Crippen molar-refractivity contribution in [1.29, 1.82) is 0 Å². The molecule has 0 unspecified atom stereocenters. The maximum atomic E-state index is 11.9. The van der Waals surface area contributed by atoms with Gasteiger partial charge in [-0.1, -0.05) is 0 Å². The Hall–Kier alpha value is -2.29. The molecule has 1 saturated heterocycles. The number of hydrogen-bond acceptors (Lipinski definition) is 7. The molecule has 1 aromatic rings. The summed E-state index contributed by atoms with van der Waals surface area (Å²) in [4.78, 5) is 11.9. The zero-order valence-corrected chi connectivity index (χ0v) is 15.3. The summed E-state index contributed by atoms with van der Waals surface area (Å²) in [5.74, 6) is 1.19. The van der Waals surface area contributed by atoms with E-state index in [0.717, 1.165) is 0 Å². The van der Waals surface area contributed by atoms with E-state index >= 15 is 0 Å². The Morgan fingerprint density at radius 2 is 1.88 bits per heavy atom. The fourth-order valence-electron chi connectivity index (χ4n) is 2.70. The topological polar surface area (TPSA) is 103 Å². The molecule has 0 radical (unpaired) electrons. The van der Waals surface area contributed by atoms with Crippen LogP contribution in [0.5, 0.6) is 17.2 Å². The van der Waals surface area contributed by atoms with Crippen LogP contribution in [-0.2, 0) is 14.6 Å². The molecule has 1 aliphatic heterocycles. The highest BCUT2D eigenvalue weighted by molar-refractivity contribution is 7.91. The molecule has 0 bridgehead atoms. The molecule has 25 heavy (non-hydrogen) atoms. The predicted octanol–water partition coefficient (Wildman–Crippen LogP) is 0.987. The maximum absolute atomic E-state index is 11.9. The Labute approximate surface area is 147 Å². The van der Waals surface area contributed by atoms with Crippen LogP contribution >= 0.6 is 0 Å². The van der Waals surface area contributed by atoms with E-state index in [4.69, 9.17) is 14.2 Å². The Balaban J connectivity index is 1.98. The molecule has 0 aromatic heterocycles. The van der Waals surface area contributed by atoms with Crippen LogP contribution in [0.15, 0.2) is 17.2 Å². The predicted molar refractivity (Wildman–Crippen MR) is 93.2 cm³/mol. The molecule has 8 nitrogen and oxygen atoms in total. The quantitative estimate of drug-likeness (QED) is 0.567. The monoisotopic (exact) mass is 370 g/mol. The van der Waals surface area contributed by atoms with Gasteiger partial charge in [0.2, 0.25) is 11.7 Å². The van der Waals surface area contributed by atoms with E-state index in [1.54, 1.807) is 12.1 Å². The number of carbonyl (C=O) groups excluding carboxylic acids is 1. The van der Waals surface area contributed by atoms with Gasteiger partial charge in [-0.05, 0) is 24.5 Å². The summed E-state index contributed by atoms with van der Waals surface area (Å²) in [5.41, 5.74) is 3.06. The van der Waals surface area contributed by atoms with E-state index < -0.39 is 9.84 Å². The van der Waals surface area contributed by atoms with Crippen molar-refractivity contribution in [2.24, 2.45) is 11.0 Å². The van der Waals surface area contributed by atoms with Crippen LogP contribution in [0.1, 0.15) is 18.4 Å². The van der Waals surface area contributed by atoms with Crippen molar-refractivity contribution in [3.8, 4) is 17.2 Å². The van der Waals surface area contributed by atoms with Gasteiger partial charge in [0.05, 0.1) is 39.0 Å². The minimum Gasteiger partial charge on any atom is -0.493 e. The van der Waals surface area contributed by atoms with Gasteiger partial charge < -0.3 is 14.2 Å². The number of nitrogens with zero attached hydrogens (tertiary/aromatic N) is 1. The van der Waals surface area contributed by atoms with E-state index in [1.807, 2.05) is 0 Å². The van der Waals surface area contributed by atoms with Gasteiger partial charge in [-0.25, -0.2) is 13.8 Å². The molecule has 0 spiro atoms. The first-order chi connectivity index (χ1) is 11.9. The van der Waals surface area contributed by atoms with Crippen molar-refractivity contribution in [2.75, 3.05) is 32.8 Å². The number of amides is 1. The molecular formula is C16H22N2O6S. The molecule has 1 aliphatic rings. The van der Waals surface area contributed by atoms with Crippen LogP contribution < -0.4 is 19.6 Å². The minimum absolute atomic E-state index is 0.0665. The molecule has 0 aliphatic carbocycles. The molecule has 138 valence electrons. The maximum Gasteiger partial charge on any atom is 0.240 e. The third-order valence-electron chi connectivity index (χ3n) is 3.89. The Kier molecular flexibility index (Phi) is 6.24. The second-order valence-electron chi connectivity index (χ2n) is 5.73. The first-order valence-electron chi connectivity index (χ1n) is 7.71. The van der Waals surface area contributed by atoms with Crippen molar-refractivity contribution >= 4 is 22.0 Å². The highest BCUT2D eigenvalue weighted by Crippen LogP contribution is 2.37. The van der Waals surface area contributed by atoms with Crippen LogP contribution in [0.25, 0.3) is 0 Å². The van der Waals surface area contributed by atoms with Crippen molar-refractivity contribution in [3.05, 3.63) is 17.7 Å². The Bertz CT molecular complexity index is 735. The number of hydrazone groups is 1. The lowest BCUT2D eigenvalue weighted by molar-refractivity contribution is -0.121. The number of methoxy groups -OCH3 is 3. The number of ether oxygens (including phenoxy) is 3. The first-order valence-corrected chi connectivity index (χ1v) is 9.53. The summed E-state index contributed by atoms with van der Waals surface area (Å²) in [6, 6.07) is 3.39. The van der Waals surface area contributed by atoms with Crippen LogP contribution in [0.4, 0.5) is 0 Å². The smallest absolute Gasteiger partial charge is 0.240 e. The average molecular weight is 370 g/mol. The molecule has 9 heteroatoms. The largest absolute Gasteiger partial charge is 0.493 e. The summed E-state index contributed by atoms with van der Waals surface area (Å²) in [6.45, 7) is 0. The molecule has 1 amide bonds. The van der Waals surface area contributed by atoms with Gasteiger partial charge in [-0.2, -0.15) is 5.10 Å². The summed E-state index contributed by atoms with van der Waals surface area (Å²) in [6.07, 6.45) is 2.12. The van der Waals surface area contributed by atoms with Crippen LogP contribution in [-0.4, -0.2) is 53.4 Å². The van der Waals surface area contributed by atoms with E-state index in [1.165, 1.54) is 27.5 Å². The SMILES string of the molecule is COc1cc(/C=N\NC(=O)C[C@H]2CCS(=O)(=O)C2)cc(OC)c1OC. The van der Waals surface area contributed by atoms with E-state index in [-0.39, 0.29) is 29.8 Å². The molecule has 1 N–H and O–H groups in total. The van der Waals surface area contributed by atoms with Gasteiger partial charge in [0, 0.05) is 12.0 Å². The number of nitrogens with one attached hydrogen (secondary N) is 1. The lowest BCUT2D eigenvalue weighted by Gasteiger charge is -2.12. The minimum atomic E-state index is -2.98. The van der Waals surface area contributed by atoms with Crippen LogP contribution in [0.2, 0.25) is 0 Å². The van der Waals surface area contributed by atoms with Crippen molar-refractivity contribution in [2.45, 2.75) is 12.8 Å². The van der Waals surface area contributed by atoms with Gasteiger partial charge in [-0.15, -0.1) is 0 Å². The summed E-state index contributed by atoms with van der Waals surface area (Å²) >= 11 is 0. The zero-order chi connectivity index (χ0) is 18.4. The second kappa shape index (κ2) is 8.19. The van der Waals surface area contributed by atoms with Gasteiger partial charge in [0.1, 0.15) is 0 Å². The molecule has 1 aromatic carbocycles. The fourth-order valence-corrected chi connectivity index (χ4v) is 4.56. The molecule has 0 saturated carbocycles. The lowest BCUT2D eigenvalue weighted by atomic mass is 10.1. The van der Waals surface area contributed by atoms with E-state index in [0.29, 0.717) is 29.2 Å². The number of sulfone groups is 1. The lowest BCUT2D eigenvalue weighted by Crippen LogP contribution is -2.21. The third kappa shape index (κ3) is 5.09. The number of carbonyl (C=O) groups is 1. The Morgan fingerprint density at radius 3 is 2.36 bits per heavy atom. The number of rotatable bonds is 7. The second-order valence-corrected chi connectivity index (χ2v) is 7.95. The number of benzene rings is 1. The van der Waals surface area contributed by atoms with Gasteiger partial charge in [0.15, 0.2) is 21.3 Å². The molecular weight excluding hydrogens is 348 g/mol. The average Bonchev–Trinajstić information content (AvgIpc) is 2.92. The summed E-state index contributed by atoms with van der Waals surface area (Å²) in [5, 5.41) is 3.90. The van der Waals surface area contributed by atoms with Crippen LogP contribution in [0.3, 0.4) is 0 Å². The molecule has 1 atom stereocenters. The third-order valence-corrected chi connectivity index (χ3v) is 5.73. The van der Waals surface area contributed by atoms with Gasteiger partial charge in [-0.3, -0.25) is 4.79 Å². The Morgan fingerprint density at radius 1 is 1.24 bits per heavy atom. The van der Waals surface area contributed by atoms with Gasteiger partial charge in [0.25, 0.3) is 0 Å².